The number of anilines is 1. The summed E-state index contributed by atoms with van der Waals surface area (Å²) >= 11 is 0. The summed E-state index contributed by atoms with van der Waals surface area (Å²) < 4.78 is 1.85. The van der Waals surface area contributed by atoms with Crippen molar-refractivity contribution in [3.63, 3.8) is 0 Å². The molecule has 0 aliphatic carbocycles. The minimum atomic E-state index is 0.671. The van der Waals surface area contributed by atoms with Crippen LogP contribution in [0.4, 0.5) is 5.82 Å². The Bertz CT molecular complexity index is 797. The highest BCUT2D eigenvalue weighted by Gasteiger charge is 2.22. The van der Waals surface area contributed by atoms with Crippen LogP contribution in [0.2, 0.25) is 0 Å². The summed E-state index contributed by atoms with van der Waals surface area (Å²) in [4.78, 5) is 11.2. The molecule has 1 saturated heterocycles. The summed E-state index contributed by atoms with van der Waals surface area (Å²) in [7, 11) is 0. The third-order valence-corrected chi connectivity index (χ3v) is 4.41. The SMILES string of the molecule is CC1CCCN(c2ncnc3c2nnn3Cc2ccccc2)C1. The van der Waals surface area contributed by atoms with E-state index in [1.807, 2.05) is 22.9 Å². The first kappa shape index (κ1) is 14.1. The van der Waals surface area contributed by atoms with Crippen molar-refractivity contribution in [1.82, 2.24) is 25.0 Å². The largest absolute Gasteiger partial charge is 0.354 e. The molecule has 1 aliphatic heterocycles. The molecule has 0 radical (unpaired) electrons. The van der Waals surface area contributed by atoms with E-state index in [1.165, 1.54) is 18.4 Å². The molecule has 1 aliphatic rings. The fourth-order valence-electron chi connectivity index (χ4n) is 3.26. The van der Waals surface area contributed by atoms with Gasteiger partial charge in [0.25, 0.3) is 0 Å². The summed E-state index contributed by atoms with van der Waals surface area (Å²) in [5.41, 5.74) is 2.79. The van der Waals surface area contributed by atoms with E-state index in [2.05, 4.69) is 44.2 Å². The Balaban J connectivity index is 1.69. The summed E-state index contributed by atoms with van der Waals surface area (Å²) in [6, 6.07) is 10.2. The molecule has 1 aromatic carbocycles. The number of nitrogens with zero attached hydrogens (tertiary/aromatic N) is 6. The molecular weight excluding hydrogens is 288 g/mol. The van der Waals surface area contributed by atoms with Gasteiger partial charge in [-0.05, 0) is 24.3 Å². The molecule has 1 fully saturated rings. The molecule has 6 nitrogen and oxygen atoms in total. The van der Waals surface area contributed by atoms with E-state index in [9.17, 15) is 0 Å². The first-order chi connectivity index (χ1) is 11.3. The lowest BCUT2D eigenvalue weighted by molar-refractivity contribution is 0.445. The fraction of sp³-hybridized carbons (Fsp3) is 0.412. The lowest BCUT2D eigenvalue weighted by Gasteiger charge is -2.31. The quantitative estimate of drug-likeness (QED) is 0.744. The van der Waals surface area contributed by atoms with Crippen molar-refractivity contribution in [3.8, 4) is 0 Å². The van der Waals surface area contributed by atoms with Gasteiger partial charge in [-0.25, -0.2) is 14.6 Å². The van der Waals surface area contributed by atoms with E-state index in [1.54, 1.807) is 6.33 Å². The van der Waals surface area contributed by atoms with Crippen LogP contribution in [0, 0.1) is 5.92 Å². The molecule has 0 bridgehead atoms. The number of aromatic nitrogens is 5. The molecule has 0 saturated carbocycles. The van der Waals surface area contributed by atoms with Crippen LogP contribution < -0.4 is 4.90 Å². The van der Waals surface area contributed by atoms with Gasteiger partial charge in [-0.3, -0.25) is 0 Å². The lowest BCUT2D eigenvalue weighted by Crippen LogP contribution is -2.35. The Kier molecular flexibility index (Phi) is 3.65. The average molecular weight is 308 g/mol. The monoisotopic (exact) mass is 308 g/mol. The van der Waals surface area contributed by atoms with Crippen LogP contribution >= 0.6 is 0 Å². The minimum Gasteiger partial charge on any atom is -0.354 e. The van der Waals surface area contributed by atoms with Gasteiger partial charge in [-0.15, -0.1) is 5.10 Å². The maximum absolute atomic E-state index is 4.48. The zero-order valence-corrected chi connectivity index (χ0v) is 13.3. The average Bonchev–Trinajstić information content (AvgIpc) is 2.99. The molecule has 1 atom stereocenters. The van der Waals surface area contributed by atoms with Crippen molar-refractivity contribution < 1.29 is 0 Å². The number of hydrogen-bond acceptors (Lipinski definition) is 5. The van der Waals surface area contributed by atoms with Crippen LogP contribution in [-0.2, 0) is 6.54 Å². The van der Waals surface area contributed by atoms with Crippen molar-refractivity contribution in [3.05, 3.63) is 42.2 Å². The van der Waals surface area contributed by atoms with Crippen LogP contribution in [0.3, 0.4) is 0 Å². The predicted molar refractivity (Wildman–Crippen MR) is 89.3 cm³/mol. The van der Waals surface area contributed by atoms with Crippen LogP contribution in [0.1, 0.15) is 25.3 Å². The second-order valence-electron chi connectivity index (χ2n) is 6.30. The molecule has 118 valence electrons. The molecule has 3 heterocycles. The lowest BCUT2D eigenvalue weighted by atomic mass is 10.0. The molecule has 23 heavy (non-hydrogen) atoms. The first-order valence-electron chi connectivity index (χ1n) is 8.14. The Labute approximate surface area is 135 Å². The summed E-state index contributed by atoms with van der Waals surface area (Å²) in [5.74, 6) is 1.61. The van der Waals surface area contributed by atoms with E-state index in [0.29, 0.717) is 12.5 Å². The predicted octanol–water partition coefficient (Wildman–Crippen LogP) is 2.51. The molecule has 4 rings (SSSR count). The fourth-order valence-corrected chi connectivity index (χ4v) is 3.26. The second-order valence-corrected chi connectivity index (χ2v) is 6.30. The maximum atomic E-state index is 4.48. The summed E-state index contributed by atoms with van der Waals surface area (Å²) in [5, 5.41) is 8.66. The van der Waals surface area contributed by atoms with Gasteiger partial charge in [0.15, 0.2) is 17.0 Å². The van der Waals surface area contributed by atoms with Gasteiger partial charge in [0.05, 0.1) is 6.54 Å². The van der Waals surface area contributed by atoms with Gasteiger partial charge in [-0.2, -0.15) is 0 Å². The van der Waals surface area contributed by atoms with Crippen molar-refractivity contribution in [1.29, 1.82) is 0 Å². The number of rotatable bonds is 3. The molecule has 3 aromatic rings. The Hall–Kier alpha value is -2.50. The van der Waals surface area contributed by atoms with Gasteiger partial charge >= 0.3 is 0 Å². The number of hydrogen-bond donors (Lipinski definition) is 0. The van der Waals surface area contributed by atoms with Crippen LogP contribution in [0.15, 0.2) is 36.7 Å². The highest BCUT2D eigenvalue weighted by Crippen LogP contribution is 2.25. The zero-order valence-electron chi connectivity index (χ0n) is 13.3. The minimum absolute atomic E-state index is 0.671. The van der Waals surface area contributed by atoms with Crippen molar-refractivity contribution in [2.75, 3.05) is 18.0 Å². The molecule has 0 N–H and O–H groups in total. The van der Waals surface area contributed by atoms with Gasteiger partial charge in [0, 0.05) is 13.1 Å². The molecule has 0 spiro atoms. The number of fused-ring (bicyclic) bond motifs is 1. The molecule has 2 aromatic heterocycles. The molecule has 6 heteroatoms. The van der Waals surface area contributed by atoms with Crippen molar-refractivity contribution in [2.45, 2.75) is 26.3 Å². The highest BCUT2D eigenvalue weighted by atomic mass is 15.4. The molecule has 1 unspecified atom stereocenters. The Morgan fingerprint density at radius 2 is 2.04 bits per heavy atom. The van der Waals surface area contributed by atoms with E-state index in [4.69, 9.17) is 0 Å². The van der Waals surface area contributed by atoms with Gasteiger partial charge in [0.1, 0.15) is 6.33 Å². The topological polar surface area (TPSA) is 59.7 Å². The van der Waals surface area contributed by atoms with Crippen molar-refractivity contribution in [2.24, 2.45) is 5.92 Å². The van der Waals surface area contributed by atoms with Crippen LogP contribution in [0.25, 0.3) is 11.2 Å². The van der Waals surface area contributed by atoms with E-state index >= 15 is 0 Å². The van der Waals surface area contributed by atoms with Gasteiger partial charge < -0.3 is 4.90 Å². The van der Waals surface area contributed by atoms with E-state index in [-0.39, 0.29) is 0 Å². The number of piperidine rings is 1. The zero-order chi connectivity index (χ0) is 15.6. The summed E-state index contributed by atoms with van der Waals surface area (Å²) in [6.07, 6.45) is 4.11. The Morgan fingerprint density at radius 3 is 2.87 bits per heavy atom. The van der Waals surface area contributed by atoms with E-state index in [0.717, 1.165) is 30.1 Å². The maximum Gasteiger partial charge on any atom is 0.184 e. The van der Waals surface area contributed by atoms with Crippen LogP contribution in [0.5, 0.6) is 0 Å². The van der Waals surface area contributed by atoms with Gasteiger partial charge in [-0.1, -0.05) is 42.5 Å². The standard InChI is InChI=1S/C17H20N6/c1-13-6-5-9-22(10-13)16-15-17(19-12-18-16)23(21-20-15)11-14-7-3-2-4-8-14/h2-4,7-8,12-13H,5-6,9-11H2,1H3. The second kappa shape index (κ2) is 5.95. The van der Waals surface area contributed by atoms with Crippen molar-refractivity contribution >= 4 is 17.0 Å². The van der Waals surface area contributed by atoms with E-state index < -0.39 is 0 Å². The highest BCUT2D eigenvalue weighted by molar-refractivity contribution is 5.82. The first-order valence-corrected chi connectivity index (χ1v) is 8.14. The van der Waals surface area contributed by atoms with Crippen LogP contribution in [-0.4, -0.2) is 38.1 Å². The third-order valence-electron chi connectivity index (χ3n) is 4.41. The number of benzene rings is 1. The Morgan fingerprint density at radius 1 is 1.17 bits per heavy atom. The third kappa shape index (κ3) is 2.76. The van der Waals surface area contributed by atoms with Gasteiger partial charge in [0.2, 0.25) is 0 Å². The smallest absolute Gasteiger partial charge is 0.184 e. The normalized spacial score (nSPS) is 18.5. The molecule has 0 amide bonds. The summed E-state index contributed by atoms with van der Waals surface area (Å²) in [6.45, 7) is 5.01. The molecular formula is C17H20N6.